The minimum Gasteiger partial charge on any atom is -0.502 e. The van der Waals surface area contributed by atoms with E-state index >= 15 is 0 Å². The fourth-order valence-electron chi connectivity index (χ4n) is 3.40. The zero-order chi connectivity index (χ0) is 22.0. The number of nitrogens with one attached hydrogen (secondary N) is 1. The van der Waals surface area contributed by atoms with E-state index in [-0.39, 0.29) is 12.5 Å². The van der Waals surface area contributed by atoms with Gasteiger partial charge in [0, 0.05) is 29.1 Å². The molecule has 0 bridgehead atoms. The highest BCUT2D eigenvalue weighted by Gasteiger charge is 2.17. The van der Waals surface area contributed by atoms with E-state index < -0.39 is 5.97 Å². The number of hydrogen-bond acceptors (Lipinski definition) is 5. The summed E-state index contributed by atoms with van der Waals surface area (Å²) in [5.74, 6) is 0.377. The van der Waals surface area contributed by atoms with Gasteiger partial charge in [-0.2, -0.15) is 4.98 Å². The second-order valence-corrected chi connectivity index (χ2v) is 7.32. The number of nitrogens with zero attached hydrogens (tertiary/aromatic N) is 3. The normalized spacial score (nSPS) is 11.0. The maximum absolute atomic E-state index is 10.9. The van der Waals surface area contributed by atoms with E-state index in [1.165, 1.54) is 0 Å². The highest BCUT2D eigenvalue weighted by Crippen LogP contribution is 2.35. The number of fused-ring (bicyclic) bond motifs is 1. The number of aliphatic carboxylic acids is 1. The molecule has 0 amide bonds. The Morgan fingerprint density at radius 3 is 2.87 bits per heavy atom. The third-order valence-electron chi connectivity index (χ3n) is 4.78. The molecule has 0 aliphatic rings. The number of ether oxygens (including phenoxy) is 1. The van der Waals surface area contributed by atoms with Gasteiger partial charge in [0.05, 0.1) is 18.2 Å². The standard InChI is InChI=1S/C23H20N4O4/c1-13(2)30-19-8-5-15(12-18(19)24-3)23-26-22(27-31-23)17-7-4-14(6-9-20(28)29)16-10-11-25-21(16)17/h4-5,7-8,10-13,25H,6,9H2,1-2H3,(H,28,29). The van der Waals surface area contributed by atoms with Crippen molar-refractivity contribution >= 4 is 22.6 Å². The first-order valence-corrected chi connectivity index (χ1v) is 9.79. The molecule has 31 heavy (non-hydrogen) atoms. The lowest BCUT2D eigenvalue weighted by Gasteiger charge is -2.11. The van der Waals surface area contributed by atoms with Crippen LogP contribution in [0.25, 0.3) is 38.6 Å². The minimum atomic E-state index is -0.834. The van der Waals surface area contributed by atoms with E-state index in [1.54, 1.807) is 24.4 Å². The van der Waals surface area contributed by atoms with Gasteiger partial charge in [0.25, 0.3) is 5.89 Å². The van der Waals surface area contributed by atoms with Gasteiger partial charge in [-0.25, -0.2) is 4.85 Å². The largest absolute Gasteiger partial charge is 0.502 e. The first-order valence-electron chi connectivity index (χ1n) is 9.79. The maximum Gasteiger partial charge on any atom is 0.303 e. The zero-order valence-electron chi connectivity index (χ0n) is 17.0. The molecule has 0 saturated carbocycles. The molecule has 0 aliphatic heterocycles. The van der Waals surface area contributed by atoms with Crippen LogP contribution in [-0.4, -0.2) is 32.3 Å². The highest BCUT2D eigenvalue weighted by molar-refractivity contribution is 5.95. The van der Waals surface area contributed by atoms with Crippen LogP contribution >= 0.6 is 0 Å². The van der Waals surface area contributed by atoms with Gasteiger partial charge in [0.15, 0.2) is 0 Å². The summed E-state index contributed by atoms with van der Waals surface area (Å²) in [5.41, 5.74) is 3.51. The molecule has 8 nitrogen and oxygen atoms in total. The Morgan fingerprint density at radius 2 is 2.13 bits per heavy atom. The fourth-order valence-corrected chi connectivity index (χ4v) is 3.40. The molecule has 2 N–H and O–H groups in total. The summed E-state index contributed by atoms with van der Waals surface area (Å²) < 4.78 is 11.1. The lowest BCUT2D eigenvalue weighted by molar-refractivity contribution is -0.136. The van der Waals surface area contributed by atoms with Crippen molar-refractivity contribution in [2.24, 2.45) is 0 Å². The average molecular weight is 416 g/mol. The Morgan fingerprint density at radius 1 is 1.29 bits per heavy atom. The number of hydrogen-bond donors (Lipinski definition) is 2. The zero-order valence-corrected chi connectivity index (χ0v) is 17.0. The smallest absolute Gasteiger partial charge is 0.303 e. The van der Waals surface area contributed by atoms with Crippen LogP contribution in [-0.2, 0) is 11.2 Å². The highest BCUT2D eigenvalue weighted by atomic mass is 16.5. The van der Waals surface area contributed by atoms with Gasteiger partial charge in [-0.3, -0.25) is 4.79 Å². The van der Waals surface area contributed by atoms with Gasteiger partial charge in [-0.1, -0.05) is 11.2 Å². The van der Waals surface area contributed by atoms with Crippen molar-refractivity contribution in [2.45, 2.75) is 32.8 Å². The molecular formula is C23H20N4O4. The Kier molecular flexibility index (Phi) is 5.41. The van der Waals surface area contributed by atoms with Crippen LogP contribution in [0.4, 0.5) is 5.69 Å². The van der Waals surface area contributed by atoms with E-state index in [9.17, 15) is 4.79 Å². The van der Waals surface area contributed by atoms with Crippen molar-refractivity contribution < 1.29 is 19.2 Å². The molecule has 2 aromatic heterocycles. The van der Waals surface area contributed by atoms with Crippen LogP contribution in [0.5, 0.6) is 5.75 Å². The molecule has 2 aromatic carbocycles. The number of benzene rings is 2. The number of carbonyl (C=O) groups is 1. The Balaban J connectivity index is 1.68. The van der Waals surface area contributed by atoms with E-state index in [0.717, 1.165) is 22.0 Å². The Hall–Kier alpha value is -4.12. The van der Waals surface area contributed by atoms with Gasteiger partial charge in [-0.15, -0.1) is 0 Å². The number of aromatic nitrogens is 3. The van der Waals surface area contributed by atoms with Crippen molar-refractivity contribution in [2.75, 3.05) is 0 Å². The topological polar surface area (TPSA) is 106 Å². The summed E-state index contributed by atoms with van der Waals surface area (Å²) in [6.45, 7) is 11.2. The van der Waals surface area contributed by atoms with Gasteiger partial charge in [0.2, 0.25) is 11.5 Å². The van der Waals surface area contributed by atoms with E-state index in [4.69, 9.17) is 20.9 Å². The lowest BCUT2D eigenvalue weighted by Crippen LogP contribution is -2.05. The number of rotatable bonds is 7. The van der Waals surface area contributed by atoms with Crippen molar-refractivity contribution in [1.82, 2.24) is 15.1 Å². The van der Waals surface area contributed by atoms with E-state index in [2.05, 4.69) is 20.0 Å². The number of aryl methyl sites for hydroxylation is 1. The van der Waals surface area contributed by atoms with Crippen molar-refractivity contribution in [3.63, 3.8) is 0 Å². The van der Waals surface area contributed by atoms with Gasteiger partial charge < -0.3 is 19.4 Å². The minimum absolute atomic E-state index is 0.0389. The van der Waals surface area contributed by atoms with Crippen LogP contribution in [0.2, 0.25) is 0 Å². The molecule has 4 aromatic rings. The summed E-state index contributed by atoms with van der Waals surface area (Å²) in [4.78, 5) is 22.2. The molecular weight excluding hydrogens is 396 g/mol. The van der Waals surface area contributed by atoms with Crippen molar-refractivity contribution in [3.05, 3.63) is 59.6 Å². The summed E-state index contributed by atoms with van der Waals surface area (Å²) in [6.07, 6.45) is 2.26. The number of H-pyrrole nitrogens is 1. The second kappa shape index (κ2) is 8.32. The quantitative estimate of drug-likeness (QED) is 0.399. The molecule has 156 valence electrons. The Labute approximate surface area is 178 Å². The van der Waals surface area contributed by atoms with Crippen LogP contribution in [0, 0.1) is 6.57 Å². The maximum atomic E-state index is 10.9. The van der Waals surface area contributed by atoms with Crippen molar-refractivity contribution in [1.29, 1.82) is 0 Å². The fraction of sp³-hybridized carbons (Fsp3) is 0.217. The molecule has 0 spiro atoms. The third-order valence-corrected chi connectivity index (χ3v) is 4.78. The van der Waals surface area contributed by atoms with E-state index in [0.29, 0.717) is 35.1 Å². The number of carboxylic acid groups (broad SMARTS) is 1. The Bertz CT molecular complexity index is 1300. The molecule has 0 radical (unpaired) electrons. The summed E-state index contributed by atoms with van der Waals surface area (Å²) in [6, 6.07) is 10.8. The molecule has 0 saturated heterocycles. The molecule has 0 unspecified atom stereocenters. The van der Waals surface area contributed by atoms with Crippen LogP contribution in [0.1, 0.15) is 25.8 Å². The van der Waals surface area contributed by atoms with Crippen molar-refractivity contribution in [3.8, 4) is 28.6 Å². The molecule has 4 rings (SSSR count). The SMILES string of the molecule is [C-]#[N+]c1cc(-c2nc(-c3ccc(CCC(=O)O)c4cc[nH]c34)no2)ccc1OC(C)C. The molecule has 0 atom stereocenters. The summed E-state index contributed by atoms with van der Waals surface area (Å²) in [5, 5.41) is 14.0. The molecule has 0 fully saturated rings. The summed E-state index contributed by atoms with van der Waals surface area (Å²) >= 11 is 0. The summed E-state index contributed by atoms with van der Waals surface area (Å²) in [7, 11) is 0. The number of carboxylic acids is 1. The monoisotopic (exact) mass is 416 g/mol. The van der Waals surface area contributed by atoms with Crippen LogP contribution in [0.15, 0.2) is 47.1 Å². The van der Waals surface area contributed by atoms with Gasteiger partial charge >= 0.3 is 5.97 Å². The molecule has 8 heteroatoms. The number of aromatic amines is 1. The van der Waals surface area contributed by atoms with Gasteiger partial charge in [0.1, 0.15) is 5.75 Å². The third kappa shape index (κ3) is 4.12. The van der Waals surface area contributed by atoms with E-state index in [1.807, 2.05) is 32.0 Å². The average Bonchev–Trinajstić information content (AvgIpc) is 3.42. The second-order valence-electron chi connectivity index (χ2n) is 7.32. The van der Waals surface area contributed by atoms with Crippen LogP contribution in [0.3, 0.4) is 0 Å². The molecule has 2 heterocycles. The predicted octanol–water partition coefficient (Wildman–Crippen LogP) is 5.24. The van der Waals surface area contributed by atoms with Crippen LogP contribution < -0.4 is 4.74 Å². The predicted molar refractivity (Wildman–Crippen MR) is 115 cm³/mol. The van der Waals surface area contributed by atoms with Gasteiger partial charge in [-0.05, 0) is 56.2 Å². The first-order chi connectivity index (χ1) is 15.0. The molecule has 0 aliphatic carbocycles. The first kappa shape index (κ1) is 20.2. The lowest BCUT2D eigenvalue weighted by atomic mass is 10.0.